The van der Waals surface area contributed by atoms with E-state index in [1.54, 1.807) is 6.92 Å². The number of hydrogen-bond acceptors (Lipinski definition) is 4. The molecule has 0 spiro atoms. The third kappa shape index (κ3) is 11.5. The van der Waals surface area contributed by atoms with Crippen LogP contribution in [0.1, 0.15) is 13.3 Å². The van der Waals surface area contributed by atoms with Crippen LogP contribution in [-0.2, 0) is 17.8 Å². The fourth-order valence-corrected chi connectivity index (χ4v) is 26.9. The zero-order valence-corrected chi connectivity index (χ0v) is 22.5. The summed E-state index contributed by atoms with van der Waals surface area (Å²) in [5.74, 6) is -0.306. The van der Waals surface area contributed by atoms with Crippen LogP contribution in [-0.4, -0.2) is 45.8 Å². The molecule has 0 aromatic heterocycles. The molecular formula is C18H40O4Si4. The molecule has 0 saturated carbocycles. The van der Waals surface area contributed by atoms with Gasteiger partial charge in [-0.1, -0.05) is 12.3 Å². The molecule has 0 fully saturated rings. The Kier molecular flexibility index (Phi) is 9.69. The fraction of sp³-hybridized carbons (Fsp3) is 0.722. The molecule has 0 aromatic rings. The second-order valence-electron chi connectivity index (χ2n) is 9.49. The van der Waals surface area contributed by atoms with Crippen molar-refractivity contribution in [2.45, 2.75) is 77.4 Å². The van der Waals surface area contributed by atoms with Crippen LogP contribution in [0.4, 0.5) is 0 Å². The Morgan fingerprint density at radius 1 is 0.923 bits per heavy atom. The third-order valence-corrected chi connectivity index (χ3v) is 22.0. The molecule has 4 nitrogen and oxygen atoms in total. The van der Waals surface area contributed by atoms with Gasteiger partial charge in [-0.2, -0.15) is 0 Å². The van der Waals surface area contributed by atoms with Gasteiger partial charge in [0.25, 0.3) is 0 Å². The maximum atomic E-state index is 11.4. The Balaban J connectivity index is 4.62. The van der Waals surface area contributed by atoms with Gasteiger partial charge in [-0.05, 0) is 77.4 Å². The highest BCUT2D eigenvalue weighted by atomic mass is 28.5. The molecule has 0 saturated heterocycles. The van der Waals surface area contributed by atoms with Gasteiger partial charge in [0.05, 0.1) is 6.61 Å². The highest BCUT2D eigenvalue weighted by Crippen LogP contribution is 2.29. The summed E-state index contributed by atoms with van der Waals surface area (Å²) in [5.41, 5.74) is 3.55. The minimum absolute atomic E-state index is 0.306. The lowest BCUT2D eigenvalue weighted by Gasteiger charge is -2.40. The molecule has 0 amide bonds. The van der Waals surface area contributed by atoms with Crippen molar-refractivity contribution in [1.82, 2.24) is 0 Å². The molecule has 26 heavy (non-hydrogen) atoms. The van der Waals surface area contributed by atoms with Gasteiger partial charge in [-0.3, -0.25) is 0 Å². The molecule has 0 radical (unpaired) electrons. The second kappa shape index (κ2) is 9.79. The van der Waals surface area contributed by atoms with Gasteiger partial charge in [0.2, 0.25) is 0 Å². The molecule has 0 rings (SSSR count). The molecule has 152 valence electrons. The predicted molar refractivity (Wildman–Crippen MR) is 122 cm³/mol. The summed E-state index contributed by atoms with van der Waals surface area (Å²) in [7, 11) is -7.18. The average Bonchev–Trinajstić information content (AvgIpc) is 2.39. The normalized spacial score (nSPS) is 13.4. The summed E-state index contributed by atoms with van der Waals surface area (Å²) in [5, 5.41) is 0. The van der Waals surface area contributed by atoms with Crippen LogP contribution in [0.2, 0.25) is 64.1 Å². The van der Waals surface area contributed by atoms with Gasteiger partial charge in [0, 0.05) is 5.57 Å². The van der Waals surface area contributed by atoms with Crippen molar-refractivity contribution >= 4 is 39.2 Å². The van der Waals surface area contributed by atoms with Crippen LogP contribution in [0.15, 0.2) is 24.4 Å². The lowest BCUT2D eigenvalue weighted by atomic mass is 10.4. The molecule has 8 heteroatoms. The summed E-state index contributed by atoms with van der Waals surface area (Å²) in [4.78, 5) is 11.4. The van der Waals surface area contributed by atoms with Gasteiger partial charge in [0.1, 0.15) is 0 Å². The zero-order valence-electron chi connectivity index (χ0n) is 18.5. The van der Waals surface area contributed by atoms with Crippen molar-refractivity contribution in [3.8, 4) is 0 Å². The summed E-state index contributed by atoms with van der Waals surface area (Å²) in [6.07, 6.45) is 0.844. The van der Waals surface area contributed by atoms with Crippen molar-refractivity contribution in [3.63, 3.8) is 0 Å². The smallest absolute Gasteiger partial charge is 0.333 e. The minimum Gasteiger partial charge on any atom is -0.462 e. The van der Waals surface area contributed by atoms with E-state index in [1.165, 1.54) is 0 Å². The number of carbonyl (C=O) groups excluding carboxylic acids is 1. The SMILES string of the molecule is C=C[Si](C)(C)O[Si](C)(C)C[Si](C)(C)O[Si](C)(C)CCCOC(=O)C(=C)C. The third-order valence-electron chi connectivity index (χ3n) is 3.94. The summed E-state index contributed by atoms with van der Waals surface area (Å²) in [6.45, 7) is 27.8. The van der Waals surface area contributed by atoms with E-state index in [1.807, 2.05) is 5.70 Å². The molecule has 0 N–H and O–H groups in total. The number of esters is 1. The predicted octanol–water partition coefficient (Wildman–Crippen LogP) is 5.61. The van der Waals surface area contributed by atoms with Crippen LogP contribution in [0.25, 0.3) is 0 Å². The Labute approximate surface area is 165 Å². The number of rotatable bonds is 12. The monoisotopic (exact) mass is 432 g/mol. The van der Waals surface area contributed by atoms with E-state index in [9.17, 15) is 4.79 Å². The molecule has 0 aromatic carbocycles. The minimum atomic E-state index is -1.82. The quantitative estimate of drug-likeness (QED) is 0.174. The highest BCUT2D eigenvalue weighted by Gasteiger charge is 2.41. The molecule has 0 unspecified atom stereocenters. The topological polar surface area (TPSA) is 44.8 Å². The Hall–Kier alpha value is -0.262. The number of ether oxygens (including phenoxy) is 1. The van der Waals surface area contributed by atoms with E-state index in [0.29, 0.717) is 12.2 Å². The first-order chi connectivity index (χ1) is 11.5. The van der Waals surface area contributed by atoms with Crippen molar-refractivity contribution in [2.75, 3.05) is 6.61 Å². The van der Waals surface area contributed by atoms with Crippen molar-refractivity contribution in [1.29, 1.82) is 0 Å². The lowest BCUT2D eigenvalue weighted by Crippen LogP contribution is -2.53. The van der Waals surface area contributed by atoms with E-state index < -0.39 is 33.3 Å². The maximum absolute atomic E-state index is 11.4. The first-order valence-corrected chi connectivity index (χ1v) is 21.7. The highest BCUT2D eigenvalue weighted by molar-refractivity contribution is 6.97. The van der Waals surface area contributed by atoms with Crippen LogP contribution < -0.4 is 0 Å². The van der Waals surface area contributed by atoms with E-state index in [0.717, 1.165) is 18.1 Å². The van der Waals surface area contributed by atoms with Gasteiger partial charge in [0.15, 0.2) is 33.3 Å². The number of hydrogen-bond donors (Lipinski definition) is 0. The largest absolute Gasteiger partial charge is 0.462 e. The standard InChI is InChI=1S/C18H40O4Si4/c1-12-23(4,5)21-25(8,9)16-26(10,11)22-24(6,7)15-13-14-20-18(19)17(2)3/h12H,1-2,13-16H2,3-11H3. The fourth-order valence-electron chi connectivity index (χ4n) is 3.44. The molecule has 0 atom stereocenters. The first kappa shape index (κ1) is 25.7. The van der Waals surface area contributed by atoms with E-state index in [4.69, 9.17) is 13.0 Å². The van der Waals surface area contributed by atoms with Crippen LogP contribution in [0, 0.1) is 0 Å². The second-order valence-corrected chi connectivity index (χ2v) is 27.2. The van der Waals surface area contributed by atoms with Crippen LogP contribution >= 0.6 is 0 Å². The maximum Gasteiger partial charge on any atom is 0.333 e. The van der Waals surface area contributed by atoms with Crippen molar-refractivity contribution in [3.05, 3.63) is 24.4 Å². The molecule has 0 aliphatic carbocycles. The molecule has 0 aliphatic rings. The summed E-state index contributed by atoms with van der Waals surface area (Å²) < 4.78 is 18.5. The van der Waals surface area contributed by atoms with Gasteiger partial charge in [-0.25, -0.2) is 4.79 Å². The average molecular weight is 433 g/mol. The first-order valence-electron chi connectivity index (χ1n) is 9.37. The summed E-state index contributed by atoms with van der Waals surface area (Å²) >= 11 is 0. The lowest BCUT2D eigenvalue weighted by molar-refractivity contribution is -0.138. The molecule has 0 heterocycles. The van der Waals surface area contributed by atoms with Gasteiger partial charge < -0.3 is 13.0 Å². The van der Waals surface area contributed by atoms with E-state index in [-0.39, 0.29) is 5.97 Å². The molecule has 0 bridgehead atoms. The van der Waals surface area contributed by atoms with Gasteiger partial charge >= 0.3 is 5.97 Å². The number of carbonyl (C=O) groups is 1. The van der Waals surface area contributed by atoms with Crippen molar-refractivity contribution < 1.29 is 17.8 Å². The molecular weight excluding hydrogens is 393 g/mol. The van der Waals surface area contributed by atoms with Crippen LogP contribution in [0.3, 0.4) is 0 Å². The van der Waals surface area contributed by atoms with Crippen LogP contribution in [0.5, 0.6) is 0 Å². The summed E-state index contributed by atoms with van der Waals surface area (Å²) in [6, 6.07) is 0.989. The zero-order chi connectivity index (χ0) is 20.8. The Morgan fingerprint density at radius 3 is 1.88 bits per heavy atom. The van der Waals surface area contributed by atoms with Gasteiger partial charge in [-0.15, -0.1) is 6.58 Å². The van der Waals surface area contributed by atoms with E-state index >= 15 is 0 Å². The molecule has 0 aliphatic heterocycles. The Bertz CT molecular complexity index is 513. The van der Waals surface area contributed by atoms with E-state index in [2.05, 4.69) is 65.5 Å². The Morgan fingerprint density at radius 2 is 1.42 bits per heavy atom. The van der Waals surface area contributed by atoms with Crippen molar-refractivity contribution in [2.24, 2.45) is 0 Å².